The minimum Gasteiger partial charge on any atom is -0.339 e. The zero-order valence-electron chi connectivity index (χ0n) is 11.5. The third-order valence-electron chi connectivity index (χ3n) is 3.68. The van der Waals surface area contributed by atoms with Gasteiger partial charge in [0.15, 0.2) is 5.69 Å². The molecule has 1 saturated heterocycles. The van der Waals surface area contributed by atoms with E-state index in [0.29, 0.717) is 11.3 Å². The topological polar surface area (TPSA) is 85.7 Å². The number of rotatable bonds is 2. The quantitative estimate of drug-likeness (QED) is 0.911. The van der Waals surface area contributed by atoms with E-state index in [1.807, 2.05) is 23.1 Å². The number of piperidine rings is 1. The first-order valence-electron chi connectivity index (χ1n) is 7.00. The molecule has 106 valence electrons. The molecule has 0 spiro atoms. The molecular formula is C15H15N5O. The first-order valence-corrected chi connectivity index (χ1v) is 7.00. The molecule has 1 amide bonds. The van der Waals surface area contributed by atoms with Gasteiger partial charge in [-0.2, -0.15) is 15.6 Å². The number of aromatic nitrogens is 3. The maximum atomic E-state index is 12.5. The van der Waals surface area contributed by atoms with E-state index in [1.54, 1.807) is 12.1 Å². The second-order valence-corrected chi connectivity index (χ2v) is 5.07. The standard InChI is InChI=1S/C15H15N5O/c16-10-13-14(18-19-17-13)11-5-4-6-12(9-11)15(21)20-7-2-1-3-8-20/h4-6,9H,1-3,7-8H2,(H,17,18,19). The van der Waals surface area contributed by atoms with E-state index in [4.69, 9.17) is 5.26 Å². The lowest BCUT2D eigenvalue weighted by Gasteiger charge is -2.26. The Bertz CT molecular complexity index is 694. The van der Waals surface area contributed by atoms with Crippen molar-refractivity contribution in [3.8, 4) is 17.3 Å². The number of nitriles is 1. The van der Waals surface area contributed by atoms with Gasteiger partial charge in [0.25, 0.3) is 5.91 Å². The Morgan fingerprint density at radius 3 is 2.81 bits per heavy atom. The van der Waals surface area contributed by atoms with Crippen LogP contribution in [0.25, 0.3) is 11.3 Å². The van der Waals surface area contributed by atoms with Gasteiger partial charge in [-0.1, -0.05) is 12.1 Å². The Labute approximate surface area is 122 Å². The zero-order chi connectivity index (χ0) is 14.7. The van der Waals surface area contributed by atoms with Gasteiger partial charge in [0.1, 0.15) is 11.8 Å². The number of aromatic amines is 1. The van der Waals surface area contributed by atoms with Gasteiger partial charge in [0.05, 0.1) is 0 Å². The molecule has 1 aliphatic heterocycles. The molecule has 0 aliphatic carbocycles. The Kier molecular flexibility index (Phi) is 3.65. The molecule has 2 heterocycles. The average molecular weight is 281 g/mol. The minimum absolute atomic E-state index is 0.0403. The van der Waals surface area contributed by atoms with Gasteiger partial charge in [-0.3, -0.25) is 4.79 Å². The smallest absolute Gasteiger partial charge is 0.253 e. The summed E-state index contributed by atoms with van der Waals surface area (Å²) in [6.45, 7) is 1.63. The molecule has 6 nitrogen and oxygen atoms in total. The zero-order valence-corrected chi connectivity index (χ0v) is 11.5. The first-order chi connectivity index (χ1) is 10.3. The van der Waals surface area contributed by atoms with E-state index in [0.717, 1.165) is 31.5 Å². The number of likely N-dealkylation sites (tertiary alicyclic amines) is 1. The van der Waals surface area contributed by atoms with Crippen molar-refractivity contribution in [2.24, 2.45) is 0 Å². The van der Waals surface area contributed by atoms with Gasteiger partial charge < -0.3 is 4.90 Å². The minimum atomic E-state index is 0.0403. The summed E-state index contributed by atoms with van der Waals surface area (Å²) in [6, 6.07) is 9.19. The highest BCUT2D eigenvalue weighted by Crippen LogP contribution is 2.21. The number of carbonyl (C=O) groups is 1. The van der Waals surface area contributed by atoms with Gasteiger partial charge in [0, 0.05) is 24.2 Å². The number of benzene rings is 1. The molecule has 0 saturated carbocycles. The molecule has 3 rings (SSSR count). The summed E-state index contributed by atoms with van der Waals surface area (Å²) < 4.78 is 0. The second-order valence-electron chi connectivity index (χ2n) is 5.07. The average Bonchev–Trinajstić information content (AvgIpc) is 3.04. The summed E-state index contributed by atoms with van der Waals surface area (Å²) in [7, 11) is 0. The van der Waals surface area contributed by atoms with E-state index < -0.39 is 0 Å². The van der Waals surface area contributed by atoms with Gasteiger partial charge in [0.2, 0.25) is 0 Å². The van der Waals surface area contributed by atoms with Crippen molar-refractivity contribution in [3.05, 3.63) is 35.5 Å². The lowest BCUT2D eigenvalue weighted by Crippen LogP contribution is -2.35. The third-order valence-corrected chi connectivity index (χ3v) is 3.68. The first kappa shape index (κ1) is 13.3. The lowest BCUT2D eigenvalue weighted by atomic mass is 10.0. The SMILES string of the molecule is N#Cc1n[nH]nc1-c1cccc(C(=O)N2CCCCC2)c1. The molecule has 2 aromatic rings. The summed E-state index contributed by atoms with van der Waals surface area (Å²) >= 11 is 0. The highest BCUT2D eigenvalue weighted by atomic mass is 16.2. The van der Waals surface area contributed by atoms with Gasteiger partial charge >= 0.3 is 0 Å². The molecule has 0 atom stereocenters. The Hall–Kier alpha value is -2.68. The number of H-pyrrole nitrogens is 1. The molecular weight excluding hydrogens is 266 g/mol. The predicted octanol–water partition coefficient (Wildman–Crippen LogP) is 1.97. The summed E-state index contributed by atoms with van der Waals surface area (Å²) in [5.74, 6) is 0.0403. The second kappa shape index (κ2) is 5.75. The number of nitrogens with zero attached hydrogens (tertiary/aromatic N) is 4. The van der Waals surface area contributed by atoms with Crippen molar-refractivity contribution >= 4 is 5.91 Å². The van der Waals surface area contributed by atoms with E-state index in [9.17, 15) is 4.79 Å². The number of amides is 1. The fraction of sp³-hybridized carbons (Fsp3) is 0.333. The molecule has 21 heavy (non-hydrogen) atoms. The molecule has 1 aromatic heterocycles. The lowest BCUT2D eigenvalue weighted by molar-refractivity contribution is 0.0724. The number of carbonyl (C=O) groups excluding carboxylic acids is 1. The molecule has 0 radical (unpaired) electrons. The van der Waals surface area contributed by atoms with E-state index in [2.05, 4.69) is 15.4 Å². The van der Waals surface area contributed by atoms with Crippen molar-refractivity contribution in [2.45, 2.75) is 19.3 Å². The molecule has 1 aliphatic rings. The molecule has 1 aromatic carbocycles. The van der Waals surface area contributed by atoms with Crippen LogP contribution in [0.5, 0.6) is 0 Å². The maximum Gasteiger partial charge on any atom is 0.253 e. The van der Waals surface area contributed by atoms with E-state index in [-0.39, 0.29) is 11.6 Å². The monoisotopic (exact) mass is 281 g/mol. The van der Waals surface area contributed by atoms with Crippen LogP contribution in [-0.2, 0) is 0 Å². The Morgan fingerprint density at radius 1 is 1.24 bits per heavy atom. The van der Waals surface area contributed by atoms with Crippen LogP contribution < -0.4 is 0 Å². The molecule has 1 N–H and O–H groups in total. The normalized spacial score (nSPS) is 14.7. The van der Waals surface area contributed by atoms with Gasteiger partial charge in [-0.15, -0.1) is 5.10 Å². The van der Waals surface area contributed by atoms with Crippen LogP contribution in [0.2, 0.25) is 0 Å². The molecule has 6 heteroatoms. The van der Waals surface area contributed by atoms with Crippen molar-refractivity contribution < 1.29 is 4.79 Å². The highest BCUT2D eigenvalue weighted by molar-refractivity contribution is 5.95. The summed E-state index contributed by atoms with van der Waals surface area (Å²) in [6.07, 6.45) is 3.31. The highest BCUT2D eigenvalue weighted by Gasteiger charge is 2.19. The largest absolute Gasteiger partial charge is 0.339 e. The van der Waals surface area contributed by atoms with Gasteiger partial charge in [-0.25, -0.2) is 0 Å². The van der Waals surface area contributed by atoms with Crippen molar-refractivity contribution in [1.82, 2.24) is 20.3 Å². The number of nitrogens with one attached hydrogen (secondary N) is 1. The fourth-order valence-corrected chi connectivity index (χ4v) is 2.59. The third kappa shape index (κ3) is 2.63. The van der Waals surface area contributed by atoms with Crippen molar-refractivity contribution in [1.29, 1.82) is 5.26 Å². The molecule has 1 fully saturated rings. The number of hydrogen-bond acceptors (Lipinski definition) is 4. The van der Waals surface area contributed by atoms with Crippen LogP contribution in [0.15, 0.2) is 24.3 Å². The van der Waals surface area contributed by atoms with Crippen LogP contribution in [0.3, 0.4) is 0 Å². The molecule has 0 unspecified atom stereocenters. The number of hydrogen-bond donors (Lipinski definition) is 1. The van der Waals surface area contributed by atoms with Gasteiger partial charge in [-0.05, 0) is 31.4 Å². The summed E-state index contributed by atoms with van der Waals surface area (Å²) in [5.41, 5.74) is 2.06. The van der Waals surface area contributed by atoms with E-state index >= 15 is 0 Å². The van der Waals surface area contributed by atoms with Crippen molar-refractivity contribution in [3.63, 3.8) is 0 Å². The predicted molar refractivity (Wildman–Crippen MR) is 76.3 cm³/mol. The molecule has 0 bridgehead atoms. The maximum absolute atomic E-state index is 12.5. The van der Waals surface area contributed by atoms with Crippen LogP contribution in [0, 0.1) is 11.3 Å². The van der Waals surface area contributed by atoms with Crippen LogP contribution in [0.1, 0.15) is 35.3 Å². The van der Waals surface area contributed by atoms with Crippen LogP contribution in [-0.4, -0.2) is 39.3 Å². The van der Waals surface area contributed by atoms with E-state index in [1.165, 1.54) is 6.42 Å². The summed E-state index contributed by atoms with van der Waals surface area (Å²) in [4.78, 5) is 14.4. The Balaban J connectivity index is 1.90. The van der Waals surface area contributed by atoms with Crippen LogP contribution >= 0.6 is 0 Å². The van der Waals surface area contributed by atoms with Crippen molar-refractivity contribution in [2.75, 3.05) is 13.1 Å². The Morgan fingerprint density at radius 2 is 2.05 bits per heavy atom. The summed E-state index contributed by atoms with van der Waals surface area (Å²) in [5, 5.41) is 19.2. The van der Waals surface area contributed by atoms with Crippen LogP contribution in [0.4, 0.5) is 0 Å². The fourth-order valence-electron chi connectivity index (χ4n) is 2.59.